The van der Waals surface area contributed by atoms with Crippen molar-refractivity contribution in [2.75, 3.05) is 13.1 Å². The van der Waals surface area contributed by atoms with Crippen molar-refractivity contribution in [3.05, 3.63) is 0 Å². The lowest BCUT2D eigenvalue weighted by Crippen LogP contribution is -2.50. The molecule has 1 N–H and O–H groups in total. The van der Waals surface area contributed by atoms with E-state index in [1.54, 1.807) is 0 Å². The third-order valence-electron chi connectivity index (χ3n) is 4.52. The van der Waals surface area contributed by atoms with Gasteiger partial charge in [-0.2, -0.15) is 0 Å². The van der Waals surface area contributed by atoms with E-state index in [0.29, 0.717) is 6.04 Å². The van der Waals surface area contributed by atoms with Gasteiger partial charge >= 0.3 is 5.97 Å². The number of piperidine rings is 1. The summed E-state index contributed by atoms with van der Waals surface area (Å²) in [6.07, 6.45) is 5.01. The zero-order chi connectivity index (χ0) is 13.8. The minimum Gasteiger partial charge on any atom is -0.481 e. The molecule has 18 heavy (non-hydrogen) atoms. The highest BCUT2D eigenvalue weighted by molar-refractivity contribution is 5.75. The fraction of sp³-hybridized carbons (Fsp3) is 0.933. The van der Waals surface area contributed by atoms with Crippen LogP contribution >= 0.6 is 0 Å². The molecule has 0 amide bonds. The number of carboxylic acids is 1. The van der Waals surface area contributed by atoms with E-state index in [1.165, 1.54) is 12.8 Å². The number of carbonyl (C=O) groups is 1. The molecule has 0 saturated carbocycles. The van der Waals surface area contributed by atoms with Crippen molar-refractivity contribution < 1.29 is 9.90 Å². The van der Waals surface area contributed by atoms with Crippen molar-refractivity contribution in [2.45, 2.75) is 65.8 Å². The second kappa shape index (κ2) is 6.55. The zero-order valence-corrected chi connectivity index (χ0v) is 12.4. The van der Waals surface area contributed by atoms with Gasteiger partial charge in [0.2, 0.25) is 0 Å². The van der Waals surface area contributed by atoms with E-state index in [9.17, 15) is 9.90 Å². The molecule has 1 aliphatic heterocycles. The molecule has 3 heteroatoms. The molecule has 1 heterocycles. The molecule has 1 aliphatic rings. The van der Waals surface area contributed by atoms with Crippen LogP contribution in [0.25, 0.3) is 0 Å². The van der Waals surface area contributed by atoms with Crippen molar-refractivity contribution >= 4 is 5.97 Å². The Hall–Kier alpha value is -0.570. The minimum atomic E-state index is -0.606. The fourth-order valence-electron chi connectivity index (χ4n) is 2.92. The number of rotatable bonds is 6. The van der Waals surface area contributed by atoms with E-state index < -0.39 is 11.4 Å². The lowest BCUT2D eigenvalue weighted by atomic mass is 9.77. The van der Waals surface area contributed by atoms with Crippen molar-refractivity contribution in [1.29, 1.82) is 0 Å². The van der Waals surface area contributed by atoms with Gasteiger partial charge in [-0.3, -0.25) is 9.69 Å². The van der Waals surface area contributed by atoms with Gasteiger partial charge in [0.25, 0.3) is 0 Å². The second-order valence-electron chi connectivity index (χ2n) is 6.33. The average Bonchev–Trinajstić information content (AvgIpc) is 2.35. The van der Waals surface area contributed by atoms with Crippen molar-refractivity contribution in [2.24, 2.45) is 11.3 Å². The predicted molar refractivity (Wildman–Crippen MR) is 74.7 cm³/mol. The topological polar surface area (TPSA) is 40.5 Å². The first-order valence-electron chi connectivity index (χ1n) is 7.38. The molecule has 0 aromatic carbocycles. The maximum Gasteiger partial charge on any atom is 0.310 e. The largest absolute Gasteiger partial charge is 0.481 e. The summed E-state index contributed by atoms with van der Waals surface area (Å²) >= 11 is 0. The number of carboxylic acid groups (broad SMARTS) is 1. The third kappa shape index (κ3) is 3.71. The van der Waals surface area contributed by atoms with Crippen molar-refractivity contribution in [3.63, 3.8) is 0 Å². The summed E-state index contributed by atoms with van der Waals surface area (Å²) in [5, 5.41) is 9.48. The molecule has 0 aromatic heterocycles. The van der Waals surface area contributed by atoms with Gasteiger partial charge in [-0.15, -0.1) is 0 Å². The van der Waals surface area contributed by atoms with Crippen LogP contribution in [0.3, 0.4) is 0 Å². The first-order valence-corrected chi connectivity index (χ1v) is 7.38. The Bertz CT molecular complexity index is 278. The van der Waals surface area contributed by atoms with E-state index in [0.717, 1.165) is 38.3 Å². The summed E-state index contributed by atoms with van der Waals surface area (Å²) < 4.78 is 0. The van der Waals surface area contributed by atoms with Crippen LogP contribution in [-0.4, -0.2) is 35.1 Å². The number of nitrogens with zero attached hydrogens (tertiary/aromatic N) is 1. The summed E-state index contributed by atoms with van der Waals surface area (Å²) in [4.78, 5) is 13.9. The van der Waals surface area contributed by atoms with Gasteiger partial charge in [-0.1, -0.05) is 20.8 Å². The first-order chi connectivity index (χ1) is 8.41. The van der Waals surface area contributed by atoms with E-state index in [2.05, 4.69) is 25.7 Å². The van der Waals surface area contributed by atoms with Gasteiger partial charge in [-0.25, -0.2) is 0 Å². The van der Waals surface area contributed by atoms with Crippen LogP contribution in [0.2, 0.25) is 0 Å². The molecule has 106 valence electrons. The van der Waals surface area contributed by atoms with Crippen LogP contribution in [0.4, 0.5) is 0 Å². The van der Waals surface area contributed by atoms with E-state index in [4.69, 9.17) is 0 Å². The highest BCUT2D eigenvalue weighted by Crippen LogP contribution is 2.35. The summed E-state index contributed by atoms with van der Waals surface area (Å²) in [6, 6.07) is 0.512. The molecule has 1 saturated heterocycles. The molecule has 1 fully saturated rings. The van der Waals surface area contributed by atoms with Crippen LogP contribution in [0, 0.1) is 11.3 Å². The zero-order valence-electron chi connectivity index (χ0n) is 12.4. The van der Waals surface area contributed by atoms with Gasteiger partial charge < -0.3 is 5.11 Å². The molecule has 0 radical (unpaired) electrons. The minimum absolute atomic E-state index is 0.496. The summed E-state index contributed by atoms with van der Waals surface area (Å²) in [5.74, 6) is 0.124. The first kappa shape index (κ1) is 15.5. The number of aliphatic carboxylic acids is 1. The predicted octanol–water partition coefficient (Wildman–Crippen LogP) is 3.39. The highest BCUT2D eigenvalue weighted by atomic mass is 16.4. The maximum absolute atomic E-state index is 11.5. The molecule has 2 unspecified atom stereocenters. The Balaban J connectivity index is 2.59. The maximum atomic E-state index is 11.5. The van der Waals surface area contributed by atoms with E-state index in [1.807, 2.05) is 6.92 Å². The smallest absolute Gasteiger partial charge is 0.310 e. The molecule has 3 nitrogen and oxygen atoms in total. The SMILES string of the molecule is CCC1(C(=O)O)CCCN(C(C)CCC(C)C)C1. The molecule has 1 rings (SSSR count). The Morgan fingerprint density at radius 1 is 1.33 bits per heavy atom. The molecule has 0 spiro atoms. The van der Waals surface area contributed by atoms with Crippen LogP contribution < -0.4 is 0 Å². The monoisotopic (exact) mass is 255 g/mol. The molecular formula is C15H29NO2. The summed E-state index contributed by atoms with van der Waals surface area (Å²) in [7, 11) is 0. The van der Waals surface area contributed by atoms with Gasteiger partial charge in [0.15, 0.2) is 0 Å². The molecule has 0 aliphatic carbocycles. The van der Waals surface area contributed by atoms with Crippen LogP contribution in [0.5, 0.6) is 0 Å². The van der Waals surface area contributed by atoms with E-state index in [-0.39, 0.29) is 0 Å². The van der Waals surface area contributed by atoms with Crippen molar-refractivity contribution in [3.8, 4) is 0 Å². The highest BCUT2D eigenvalue weighted by Gasteiger charge is 2.41. The number of hydrogen-bond donors (Lipinski definition) is 1. The summed E-state index contributed by atoms with van der Waals surface area (Å²) in [5.41, 5.74) is -0.496. The number of hydrogen-bond acceptors (Lipinski definition) is 2. The molecule has 2 atom stereocenters. The second-order valence-corrected chi connectivity index (χ2v) is 6.33. The van der Waals surface area contributed by atoms with Crippen LogP contribution in [-0.2, 0) is 4.79 Å². The third-order valence-corrected chi connectivity index (χ3v) is 4.52. The quantitative estimate of drug-likeness (QED) is 0.791. The molecular weight excluding hydrogens is 226 g/mol. The lowest BCUT2D eigenvalue weighted by molar-refractivity contribution is -0.153. The van der Waals surface area contributed by atoms with Gasteiger partial charge in [0, 0.05) is 12.6 Å². The lowest BCUT2D eigenvalue weighted by Gasteiger charge is -2.42. The van der Waals surface area contributed by atoms with Crippen LogP contribution in [0.1, 0.15) is 59.8 Å². The summed E-state index contributed by atoms with van der Waals surface area (Å²) in [6.45, 7) is 10.5. The fourth-order valence-corrected chi connectivity index (χ4v) is 2.92. The number of likely N-dealkylation sites (tertiary alicyclic amines) is 1. The van der Waals surface area contributed by atoms with Gasteiger partial charge in [-0.05, 0) is 51.5 Å². The van der Waals surface area contributed by atoms with Crippen LogP contribution in [0.15, 0.2) is 0 Å². The Morgan fingerprint density at radius 2 is 2.00 bits per heavy atom. The van der Waals surface area contributed by atoms with E-state index >= 15 is 0 Å². The van der Waals surface area contributed by atoms with Gasteiger partial charge in [0.1, 0.15) is 0 Å². The Kier molecular flexibility index (Phi) is 5.64. The molecule has 0 bridgehead atoms. The molecule has 0 aromatic rings. The van der Waals surface area contributed by atoms with Crippen molar-refractivity contribution in [1.82, 2.24) is 4.90 Å². The Labute approximate surface area is 112 Å². The Morgan fingerprint density at radius 3 is 2.50 bits per heavy atom. The normalized spacial score (nSPS) is 27.4. The van der Waals surface area contributed by atoms with Gasteiger partial charge in [0.05, 0.1) is 5.41 Å². The standard InChI is InChI=1S/C15H29NO2/c1-5-15(14(17)18)9-6-10-16(11-15)13(4)8-7-12(2)3/h12-13H,5-11H2,1-4H3,(H,17,18). The average molecular weight is 255 g/mol.